The zero-order valence-corrected chi connectivity index (χ0v) is 65.1. The molecule has 8 N–H and O–H groups in total. The van der Waals surface area contributed by atoms with E-state index in [4.69, 9.17) is 129 Å². The first-order chi connectivity index (χ1) is 101. The van der Waals surface area contributed by atoms with Gasteiger partial charge in [-0.3, -0.25) is 98.4 Å². The Labute approximate surface area is 898 Å². The molecule has 12 aliphatic heterocycles. The minimum atomic E-state index is -4.26. The number of carbonyl (C=O) groups excluding carboxylic acids is 12. The van der Waals surface area contributed by atoms with Crippen LogP contribution in [0.3, 0.4) is 0 Å². The largest absolute Gasteiger partial charge is 0.381 e. The summed E-state index contributed by atoms with van der Waals surface area (Å²) in [7, 11) is 0. The fourth-order valence-electron chi connectivity index (χ4n) is 11.7. The van der Waals surface area contributed by atoms with Crippen molar-refractivity contribution < 1.29 is 205 Å². The molecular weight excluding hydrogens is 1680 g/mol. The molecule has 0 bridgehead atoms. The van der Waals surface area contributed by atoms with Gasteiger partial charge in [0.2, 0.25) is 47.3 Å². The molecule has 0 radical (unpaired) electrons. The molecule has 20 rings (SSSR count). The number of hydrogen-bond donors (Lipinski definition) is 8. The lowest BCUT2D eigenvalue weighted by Crippen LogP contribution is -2.52. The van der Waals surface area contributed by atoms with E-state index in [1.54, 1.807) is 10.6 Å². The van der Waals surface area contributed by atoms with Crippen molar-refractivity contribution in [2.45, 2.75) is 153 Å². The van der Waals surface area contributed by atoms with E-state index in [2.05, 4.69) is 18.9 Å². The fraction of sp³-hybridized carbons (Fsp3) is 0.400. The second kappa shape index (κ2) is 42.5. The summed E-state index contributed by atoms with van der Waals surface area (Å²) in [6, 6.07) is -49.2. The molecule has 8 aromatic carbocycles. The maximum absolute atomic E-state index is 14.0. The lowest BCUT2D eigenvalue weighted by atomic mass is 10.0. The number of morpholine rings is 4. The minimum absolute atomic E-state index is 0.00725. The Kier molecular flexibility index (Phi) is 10.2. The topological polar surface area (TPSA) is 364 Å². The Morgan fingerprint density at radius 3 is 0.932 bits per heavy atom. The van der Waals surface area contributed by atoms with E-state index in [1.165, 1.54) is 10.6 Å². The summed E-state index contributed by atoms with van der Waals surface area (Å²) in [4.78, 5) is 152. The number of fused-ring (bicyclic) bond motifs is 4. The van der Waals surface area contributed by atoms with E-state index in [0.717, 1.165) is 0 Å². The van der Waals surface area contributed by atoms with Gasteiger partial charge in [-0.15, -0.1) is 0 Å². The van der Waals surface area contributed by atoms with Crippen LogP contribution in [0.4, 0.5) is 22.7 Å². The summed E-state index contributed by atoms with van der Waals surface area (Å²) in [5, 5.41) is 14.0. The van der Waals surface area contributed by atoms with Gasteiger partial charge in [-0.05, 0) is 118 Å². The maximum Gasteiger partial charge on any atom is 0.255 e. The van der Waals surface area contributed by atoms with Crippen molar-refractivity contribution in [1.29, 1.82) is 0 Å². The molecule has 4 unspecified atom stereocenters. The molecular formula is C100H112N16O16. The summed E-state index contributed by atoms with van der Waals surface area (Å²) in [5.74, 6) is -18.6. The molecule has 0 saturated carbocycles. The maximum atomic E-state index is 14.0. The highest BCUT2D eigenvalue weighted by molar-refractivity contribution is 6.09. The second-order valence-corrected chi connectivity index (χ2v) is 25.6. The minimum Gasteiger partial charge on any atom is -0.381 e. The molecule has 12 heterocycles. The predicted molar refractivity (Wildman–Crippen MR) is 489 cm³/mol. The van der Waals surface area contributed by atoms with E-state index in [9.17, 15) is 57.5 Å². The highest BCUT2D eigenvalue weighted by atomic mass is 16.5. The number of rotatable bonds is 24. The van der Waals surface area contributed by atoms with Crippen LogP contribution < -0.4 is 42.5 Å². The molecule has 32 nitrogen and oxygen atoms in total. The van der Waals surface area contributed by atoms with Gasteiger partial charge in [0.05, 0.1) is 137 Å². The van der Waals surface area contributed by atoms with Crippen molar-refractivity contribution in [2.24, 2.45) is 0 Å². The van der Waals surface area contributed by atoms with Gasteiger partial charge in [-0.2, -0.15) is 0 Å². The lowest BCUT2D eigenvalue weighted by Gasteiger charge is -2.29. The number of imide groups is 4. The van der Waals surface area contributed by atoms with Gasteiger partial charge in [-0.25, -0.2) is 0 Å². The van der Waals surface area contributed by atoms with E-state index in [0.29, 0.717) is 4.90 Å². The van der Waals surface area contributed by atoms with Crippen LogP contribution in [-0.2, 0) is 135 Å². The lowest BCUT2D eigenvalue weighted by molar-refractivity contribution is -0.138. The molecule has 0 aliphatic carbocycles. The fourth-order valence-corrected chi connectivity index (χ4v) is 11.7. The summed E-state index contributed by atoms with van der Waals surface area (Å²) in [5.41, 5.74) is -27.6. The Balaban J connectivity index is 0.000000192. The highest BCUT2D eigenvalue weighted by Gasteiger charge is 2.45. The third-order valence-corrected chi connectivity index (χ3v) is 17.6. The Morgan fingerprint density at radius 1 is 0.311 bits per heavy atom. The van der Waals surface area contributed by atoms with Gasteiger partial charge in [0.1, 0.15) is 24.1 Å². The summed E-state index contributed by atoms with van der Waals surface area (Å²) in [6.45, 7) is -110. The monoisotopic (exact) mass is 1890 g/mol. The molecule has 0 spiro atoms. The number of anilines is 4. The highest BCUT2D eigenvalue weighted by Crippen LogP contribution is 2.39. The van der Waals surface area contributed by atoms with Gasteiger partial charge < -0.3 is 59.8 Å². The van der Waals surface area contributed by atoms with Gasteiger partial charge in [-0.1, -0.05) is 121 Å². The first-order valence-corrected chi connectivity index (χ1v) is 36.6. The standard InChI is InChI=1S/4C25H28N4O4/c4*30-23-9-8-22(24(31)27-23)29-16-20-19(25(29)32)6-3-7-21(20)26-14-17-4-1-2-5-18(17)15-28-10-12-33-13-11-28/h4*1-7,22,26H,8-16H2,(H,27,30,31)/i1D,2D,3D,4D,5D,6D,7D,8D2,9D2,10D2,11D2,12D2,13D2,14D2,15D2,16D2,22D;1D,2D,3D,4D,5D,6D,7D,8D2,9D2,10D2,11D2,12D2,13D2,14D2,15D2,16D2;1D,2D,3D,4D,5D,6D,7D,10D2,11D2,12D2,13D2,14D2,15D2,16D2,22D;1D,2D,3D,4D,5D,6D,7D,10D2,11D2,12D2,13D2,14D2,15D2,16D2. The van der Waals surface area contributed by atoms with Crippen LogP contribution in [0.2, 0.25) is 0 Å². The van der Waals surface area contributed by atoms with Crippen LogP contribution in [0.5, 0.6) is 0 Å². The van der Waals surface area contributed by atoms with Crippen LogP contribution in [-0.4, -0.2) is 239 Å². The zero-order valence-electron chi connectivity index (χ0n) is 159. The van der Waals surface area contributed by atoms with E-state index >= 15 is 0 Å². The van der Waals surface area contributed by atoms with Crippen molar-refractivity contribution in [3.8, 4) is 0 Å². The zero-order chi connectivity index (χ0) is 175. The average Bonchev–Trinajstić information content (AvgIpc) is 1.35. The smallest absolute Gasteiger partial charge is 0.255 e. The normalized spacial score (nSPS) is 42.7. The Bertz CT molecular complexity index is 10800. The molecule has 132 heavy (non-hydrogen) atoms. The van der Waals surface area contributed by atoms with Crippen LogP contribution in [0.25, 0.3) is 0 Å². The number of benzene rings is 8. The van der Waals surface area contributed by atoms with Crippen LogP contribution >= 0.6 is 0 Å². The van der Waals surface area contributed by atoms with Crippen molar-refractivity contribution >= 4 is 93.6 Å². The van der Waals surface area contributed by atoms with Gasteiger partial charge in [0.25, 0.3) is 23.6 Å². The Morgan fingerprint density at radius 2 is 0.583 bits per heavy atom. The quantitative estimate of drug-likeness (QED) is 0.0270. The van der Waals surface area contributed by atoms with Crippen molar-refractivity contribution in [1.82, 2.24) is 60.5 Å². The van der Waals surface area contributed by atoms with Crippen molar-refractivity contribution in [3.63, 3.8) is 0 Å². The number of amides is 12. The van der Waals surface area contributed by atoms with Gasteiger partial charge in [0.15, 0.2) is 0 Å². The van der Waals surface area contributed by atoms with Gasteiger partial charge in [0, 0.05) is 267 Å². The predicted octanol–water partition coefficient (Wildman–Crippen LogP) is 7.57. The number of nitrogens with zero attached hydrogens (tertiary/aromatic N) is 8. The Hall–Kier alpha value is -12.9. The summed E-state index contributed by atoms with van der Waals surface area (Å²) < 4.78 is 812. The number of carbonyl (C=O) groups is 12. The molecule has 0 aromatic heterocycles. The molecule has 12 aliphatic rings. The molecule has 8 saturated heterocycles. The van der Waals surface area contributed by atoms with E-state index in [1.807, 2.05) is 21.3 Å². The SMILES string of the molecule is [2H]c1c([2H])c(NC([2H])([2H])c2c([2H])c([2H])c([2H])c([2H])c2C([2H])([2H])N2C([2H])([2H])C([2H])([2H])OC([2H])([2H])C2([2H])[2H])c2c(c1[2H])C(=O)N(C1([2H])C(=O)NC(=O)C([2H])([2H])C1([2H])[2H])C2([2H])[2H].[2H]c1c([2H])c(NC([2H])([2H])c2c([2H])c([2H])c([2H])c([2H])c2C([2H])([2H])N2C([2H])([2H])C([2H])([2H])OC([2H])([2H])C2([2H])[2H])c2c(c1[2H])C(=O)N(C1([2H])CCC(=O)NC1=O)C2([2H])[2H].[2H]c1c([2H])c(NC([2H])([2H])c2c([2H])c([2H])c([2H])c([2H])c2C([2H])([2H])N2C([2H])([2H])C([2H])([2H])OC([2H])([2H])C2([2H])[2H])c2c(c1[2H])C(=O)N(C1C(=O)NC(=O)C([2H])([2H])C1([2H])[2H])C2([2H])[2H].[2H]c1c([2H])c(NC([2H])([2H])c2c([2H])c([2H])c([2H])c([2H])c2C([2H])([2H])N2C([2H])([2H])C([2H])([2H])OC([2H])([2H])C2([2H])[2H])c2c(c1[2H])C(=O)N(C1CCC(=O)NC1=O)C2([2H])[2H]. The number of ether oxygens (including phenoxy) is 4. The molecule has 8 fully saturated rings. The molecule has 4 atom stereocenters. The first-order valence-electron chi connectivity index (χ1n) is 83.6. The summed E-state index contributed by atoms with van der Waals surface area (Å²) in [6.07, 6.45) is -17.4. The summed E-state index contributed by atoms with van der Waals surface area (Å²) >= 11 is 0. The van der Waals surface area contributed by atoms with Crippen LogP contribution in [0, 0.1) is 0 Å². The molecule has 12 amide bonds. The van der Waals surface area contributed by atoms with E-state index in [-0.39, 0.29) is 16.2 Å². The number of hydrogen-bond acceptors (Lipinski definition) is 24. The number of piperidine rings is 4. The molecule has 8 aromatic rings. The number of nitrogens with one attached hydrogen (secondary N) is 8. The average molecular weight is 1890 g/mol. The van der Waals surface area contributed by atoms with Crippen molar-refractivity contribution in [2.75, 3.05) is 126 Å². The van der Waals surface area contributed by atoms with E-state index < -0.39 is 628 Å². The second-order valence-electron chi connectivity index (χ2n) is 25.6. The first kappa shape index (κ1) is 31.6. The van der Waals surface area contributed by atoms with Gasteiger partial charge >= 0.3 is 0 Å². The van der Waals surface area contributed by atoms with Crippen molar-refractivity contribution in [3.05, 3.63) is 258 Å². The third-order valence-electron chi connectivity index (χ3n) is 17.6. The van der Waals surface area contributed by atoms with Crippen LogP contribution in [0.1, 0.15) is 288 Å². The van der Waals surface area contributed by atoms with Crippen LogP contribution in [0.15, 0.2) is 169 Å². The third kappa shape index (κ3) is 21.5. The molecule has 32 heteroatoms. The molecule has 688 valence electrons.